The van der Waals surface area contributed by atoms with Gasteiger partial charge in [0.15, 0.2) is 0 Å². The molecule has 0 aromatic rings. The molecule has 0 aromatic carbocycles. The second-order valence-corrected chi connectivity index (χ2v) is 4.80. The Morgan fingerprint density at radius 3 is 1.93 bits per heavy atom. The van der Waals surface area contributed by atoms with E-state index in [1.165, 1.54) is 0 Å². The predicted octanol–water partition coefficient (Wildman–Crippen LogP) is -0.403. The van der Waals surface area contributed by atoms with Crippen molar-refractivity contribution in [3.05, 3.63) is 0 Å². The van der Waals surface area contributed by atoms with Crippen molar-refractivity contribution in [2.24, 2.45) is 0 Å². The van der Waals surface area contributed by atoms with E-state index in [-0.39, 0.29) is 0 Å². The van der Waals surface area contributed by atoms with Crippen LogP contribution in [0, 0.1) is 0 Å². The Morgan fingerprint density at radius 1 is 1.20 bits per heavy atom. The van der Waals surface area contributed by atoms with E-state index < -0.39 is 43.3 Å². The Morgan fingerprint density at radius 2 is 1.67 bits per heavy atom. The summed E-state index contributed by atoms with van der Waals surface area (Å²) in [6.07, 6.45) is 0. The maximum atomic E-state index is 11.2. The van der Waals surface area contributed by atoms with Gasteiger partial charge in [-0.15, -0.1) is 0 Å². The fraction of sp³-hybridized carbons (Fsp3) is 0.429. The van der Waals surface area contributed by atoms with Crippen LogP contribution in [0.3, 0.4) is 0 Å². The molecule has 0 heterocycles. The summed E-state index contributed by atoms with van der Waals surface area (Å²) in [5, 5.41) is 0. The van der Waals surface area contributed by atoms with Crippen molar-refractivity contribution in [1.82, 2.24) is 0 Å². The first-order chi connectivity index (χ1) is 6.75. The Kier molecular flexibility index (Phi) is 5.00. The van der Waals surface area contributed by atoms with Crippen molar-refractivity contribution in [1.29, 1.82) is 0 Å². The number of alkyl halides is 1. The van der Waals surface area contributed by atoms with Crippen LogP contribution in [-0.4, -0.2) is 27.1 Å². The summed E-state index contributed by atoms with van der Waals surface area (Å²) < 4.78 is 12.2. The Bertz CT molecular complexity index is 351. The molecule has 0 radical (unpaired) electrons. The summed E-state index contributed by atoms with van der Waals surface area (Å²) in [5.74, 6) is -5.01. The fourth-order valence-electron chi connectivity index (χ4n) is 0.578. The summed E-state index contributed by atoms with van der Waals surface area (Å²) in [5.41, 5.74) is 0. The van der Waals surface area contributed by atoms with Gasteiger partial charge in [0.05, 0.1) is 0 Å². The average Bonchev–Trinajstić information content (AvgIpc) is 2.13. The van der Waals surface area contributed by atoms with Crippen molar-refractivity contribution in [3.8, 4) is 0 Å². The molecule has 1 atom stereocenters. The molecule has 0 rings (SSSR count). The topological polar surface area (TPSA) is 94.6 Å². The van der Waals surface area contributed by atoms with Crippen LogP contribution in [0.4, 0.5) is 0 Å². The van der Waals surface area contributed by atoms with E-state index in [9.17, 15) is 22.9 Å². The number of hydrogen-bond acceptors (Lipinski definition) is 6. The van der Waals surface area contributed by atoms with Crippen molar-refractivity contribution < 1.29 is 43.8 Å². The van der Waals surface area contributed by atoms with E-state index in [1.54, 1.807) is 0 Å². The molecule has 0 saturated carbocycles. The third-order valence-electron chi connectivity index (χ3n) is 1.32. The van der Waals surface area contributed by atoms with Gasteiger partial charge in [0, 0.05) is 0 Å². The van der Waals surface area contributed by atoms with E-state index in [1.807, 2.05) is 0 Å². The van der Waals surface area contributed by atoms with Gasteiger partial charge in [-0.2, -0.15) is 0 Å². The Balaban J connectivity index is 4.98. The molecule has 0 aliphatic carbocycles. The number of carbonyl (C=O) groups is 4. The van der Waals surface area contributed by atoms with Crippen LogP contribution >= 0.6 is 11.6 Å². The van der Waals surface area contributed by atoms with Crippen LogP contribution in [0.15, 0.2) is 0 Å². The van der Waals surface area contributed by atoms with Crippen molar-refractivity contribution >= 4 is 35.1 Å². The summed E-state index contributed by atoms with van der Waals surface area (Å²) in [7, 11) is 0. The van der Waals surface area contributed by atoms with Gasteiger partial charge in [-0.1, -0.05) is 0 Å². The molecule has 0 bridgehead atoms. The zero-order valence-electron chi connectivity index (χ0n) is 7.77. The van der Waals surface area contributed by atoms with Crippen LogP contribution in [-0.2, 0) is 43.8 Å². The molecule has 15 heavy (non-hydrogen) atoms. The number of hydrogen-bond donors (Lipinski definition) is 0. The molecular formula is C7H6ClO6V. The van der Waals surface area contributed by atoms with Crippen molar-refractivity contribution in [2.45, 2.75) is 17.4 Å². The zero-order valence-corrected chi connectivity index (χ0v) is 9.93. The van der Waals surface area contributed by atoms with Crippen LogP contribution in [0.1, 0.15) is 13.8 Å². The normalized spacial score (nSPS) is 13.5. The van der Waals surface area contributed by atoms with Gasteiger partial charge in [-0.25, -0.2) is 0 Å². The summed E-state index contributed by atoms with van der Waals surface area (Å²) >= 11 is 3.27. The SMILES string of the molecule is CC(=O)OC(=O)C(=O)[C](Cl)([V]=[O])C(C)=O. The molecule has 0 N–H and O–H groups in total. The average molecular weight is 273 g/mol. The minimum absolute atomic E-state index is 0.903. The third-order valence-corrected chi connectivity index (χ3v) is 3.24. The zero-order chi connectivity index (χ0) is 12.2. The first kappa shape index (κ1) is 14.2. The number of ether oxygens (including phenoxy) is 1. The van der Waals surface area contributed by atoms with Crippen LogP contribution in [0.5, 0.6) is 0 Å². The van der Waals surface area contributed by atoms with Crippen LogP contribution < -0.4 is 0 Å². The Hall–Kier alpha value is -0.846. The van der Waals surface area contributed by atoms with Gasteiger partial charge in [0.25, 0.3) is 0 Å². The van der Waals surface area contributed by atoms with E-state index >= 15 is 0 Å². The summed E-state index contributed by atoms with van der Waals surface area (Å²) in [4.78, 5) is 43.4. The van der Waals surface area contributed by atoms with E-state index in [4.69, 9.17) is 11.6 Å². The van der Waals surface area contributed by atoms with Crippen molar-refractivity contribution in [2.75, 3.05) is 0 Å². The molecule has 0 aliphatic rings. The molecule has 0 spiro atoms. The quantitative estimate of drug-likeness (QED) is 0.299. The number of Topliss-reactive ketones (excluding diaryl/α,β-unsaturated/α-hetero) is 2. The summed E-state index contributed by atoms with van der Waals surface area (Å²) in [6, 6.07) is 0. The molecule has 0 aliphatic heterocycles. The standard InChI is InChI=1S/C7H6ClO5.O.V/c1-3(9)5(8)6(11)7(12)13-4(2)10;;/h1-2H3;;. The second kappa shape index (κ2) is 5.30. The Labute approximate surface area is 96.6 Å². The van der Waals surface area contributed by atoms with Crippen molar-refractivity contribution in [3.63, 3.8) is 0 Å². The third kappa shape index (κ3) is 3.33. The maximum absolute atomic E-state index is 11.2. The molecule has 8 heteroatoms. The van der Waals surface area contributed by atoms with Gasteiger partial charge in [-0.05, 0) is 0 Å². The second-order valence-electron chi connectivity index (χ2n) is 2.48. The van der Waals surface area contributed by atoms with Gasteiger partial charge in [-0.3, -0.25) is 0 Å². The molecule has 0 fully saturated rings. The minimum atomic E-state index is -2.39. The van der Waals surface area contributed by atoms with Gasteiger partial charge >= 0.3 is 96.4 Å². The van der Waals surface area contributed by atoms with Crippen LogP contribution in [0.25, 0.3) is 0 Å². The fourth-order valence-corrected chi connectivity index (χ4v) is 1.13. The number of esters is 2. The monoisotopic (exact) mass is 272 g/mol. The van der Waals surface area contributed by atoms with E-state index in [2.05, 4.69) is 4.74 Å². The number of halogens is 1. The van der Waals surface area contributed by atoms with Crippen LogP contribution in [0.2, 0.25) is 0 Å². The van der Waals surface area contributed by atoms with Gasteiger partial charge in [0.1, 0.15) is 0 Å². The molecule has 0 aromatic heterocycles. The molecular weight excluding hydrogens is 266 g/mol. The number of rotatable bonds is 4. The van der Waals surface area contributed by atoms with Gasteiger partial charge in [0.2, 0.25) is 0 Å². The predicted molar refractivity (Wildman–Crippen MR) is 41.7 cm³/mol. The molecule has 6 nitrogen and oxygen atoms in total. The van der Waals surface area contributed by atoms with E-state index in [0.717, 1.165) is 13.8 Å². The van der Waals surface area contributed by atoms with E-state index in [0.29, 0.717) is 0 Å². The molecule has 1 unspecified atom stereocenters. The molecule has 82 valence electrons. The molecule has 0 saturated heterocycles. The van der Waals surface area contributed by atoms with Gasteiger partial charge < -0.3 is 0 Å². The summed E-state index contributed by atoms with van der Waals surface area (Å²) in [6.45, 7) is 1.82. The first-order valence-corrected chi connectivity index (χ1v) is 5.22. The number of ketones is 2. The molecule has 0 amide bonds. The number of carbonyl (C=O) groups excluding carboxylic acids is 4. The first-order valence-electron chi connectivity index (χ1n) is 3.57.